The number of aryl methyl sites for hydroxylation is 2. The van der Waals surface area contributed by atoms with Crippen LogP contribution in [0, 0.1) is 24.0 Å². The van der Waals surface area contributed by atoms with Crippen LogP contribution in [0.4, 0.5) is 18.9 Å². The van der Waals surface area contributed by atoms with Crippen molar-refractivity contribution in [2.24, 2.45) is 0 Å². The Kier molecular flexibility index (Phi) is 4.92. The molecule has 1 heterocycles. The Morgan fingerprint density at radius 2 is 1.85 bits per heavy atom. The molecule has 3 aromatic rings. The number of benzene rings is 2. The van der Waals surface area contributed by atoms with E-state index in [1.54, 1.807) is 11.5 Å². The fourth-order valence-corrected chi connectivity index (χ4v) is 3.48. The fourth-order valence-electron chi connectivity index (χ4n) is 2.49. The van der Waals surface area contributed by atoms with Crippen molar-refractivity contribution in [3.8, 4) is 5.69 Å². The minimum absolute atomic E-state index is 0.0503. The van der Waals surface area contributed by atoms with Gasteiger partial charge in [-0.1, -0.05) is 12.1 Å². The number of nitrogens with zero attached hydrogens (tertiary/aromatic N) is 4. The van der Waals surface area contributed by atoms with Crippen molar-refractivity contribution in [1.82, 2.24) is 14.8 Å². The number of hydrogen-bond donors (Lipinski definition) is 0. The van der Waals surface area contributed by atoms with Gasteiger partial charge in [0.2, 0.25) is 5.16 Å². The largest absolute Gasteiger partial charge is 0.416 e. The van der Waals surface area contributed by atoms with Crippen LogP contribution in [0.2, 0.25) is 0 Å². The highest BCUT2D eigenvalue weighted by Gasteiger charge is 2.33. The van der Waals surface area contributed by atoms with E-state index in [0.29, 0.717) is 17.0 Å². The van der Waals surface area contributed by atoms with Gasteiger partial charge in [-0.3, -0.25) is 14.7 Å². The summed E-state index contributed by atoms with van der Waals surface area (Å²) in [6.07, 6.45) is -4.66. The molecular weight excluding hydrogens is 381 g/mol. The Bertz CT molecular complexity index is 1020. The van der Waals surface area contributed by atoms with Crippen molar-refractivity contribution < 1.29 is 18.1 Å². The van der Waals surface area contributed by atoms with Crippen molar-refractivity contribution in [3.05, 3.63) is 69.5 Å². The molecule has 0 aliphatic heterocycles. The third-order valence-electron chi connectivity index (χ3n) is 3.74. The minimum Gasteiger partial charge on any atom is -0.274 e. The van der Waals surface area contributed by atoms with Crippen LogP contribution >= 0.6 is 11.8 Å². The van der Waals surface area contributed by atoms with E-state index >= 15 is 0 Å². The summed E-state index contributed by atoms with van der Waals surface area (Å²) in [7, 11) is 0. The van der Waals surface area contributed by atoms with Gasteiger partial charge in [0.05, 0.1) is 15.4 Å². The maximum absolute atomic E-state index is 12.9. The molecule has 1 aromatic heterocycles. The number of halogens is 3. The molecule has 0 radical (unpaired) electrons. The first-order chi connectivity index (χ1) is 12.7. The molecule has 0 aliphatic carbocycles. The van der Waals surface area contributed by atoms with Crippen molar-refractivity contribution >= 4 is 17.4 Å². The average Bonchev–Trinajstić information content (AvgIpc) is 2.94. The molecule has 10 heteroatoms. The van der Waals surface area contributed by atoms with Gasteiger partial charge < -0.3 is 0 Å². The van der Waals surface area contributed by atoms with E-state index in [1.165, 1.54) is 0 Å². The predicted octanol–water partition coefficient (Wildman–Crippen LogP) is 4.96. The van der Waals surface area contributed by atoms with E-state index in [4.69, 9.17) is 0 Å². The summed E-state index contributed by atoms with van der Waals surface area (Å²) >= 11 is 0.890. The molecule has 140 valence electrons. The maximum Gasteiger partial charge on any atom is 0.416 e. The highest BCUT2D eigenvalue weighted by atomic mass is 32.2. The zero-order chi connectivity index (χ0) is 19.8. The molecule has 2 aromatic carbocycles. The monoisotopic (exact) mass is 394 g/mol. The van der Waals surface area contributed by atoms with Gasteiger partial charge >= 0.3 is 6.18 Å². The van der Waals surface area contributed by atoms with Gasteiger partial charge in [-0.05, 0) is 55.4 Å². The molecule has 0 fully saturated rings. The highest BCUT2D eigenvalue weighted by molar-refractivity contribution is 7.99. The first-order valence-electron chi connectivity index (χ1n) is 7.69. The molecule has 0 atom stereocenters. The zero-order valence-corrected chi connectivity index (χ0v) is 15.0. The predicted molar refractivity (Wildman–Crippen MR) is 93.1 cm³/mol. The van der Waals surface area contributed by atoms with E-state index < -0.39 is 22.4 Å². The quantitative estimate of drug-likeness (QED) is 0.462. The average molecular weight is 394 g/mol. The first kappa shape index (κ1) is 18.9. The zero-order valence-electron chi connectivity index (χ0n) is 14.2. The van der Waals surface area contributed by atoms with Gasteiger partial charge in [-0.2, -0.15) is 13.2 Å². The summed E-state index contributed by atoms with van der Waals surface area (Å²) in [5.74, 6) is 0.553. The lowest BCUT2D eigenvalue weighted by atomic mass is 10.2. The lowest BCUT2D eigenvalue weighted by Gasteiger charge is -2.10. The van der Waals surface area contributed by atoms with Crippen LogP contribution in [0.25, 0.3) is 5.69 Å². The smallest absolute Gasteiger partial charge is 0.274 e. The Hall–Kier alpha value is -2.88. The third-order valence-corrected chi connectivity index (χ3v) is 4.75. The molecule has 0 unspecified atom stereocenters. The summed E-state index contributed by atoms with van der Waals surface area (Å²) < 4.78 is 40.3. The normalized spacial score (nSPS) is 11.6. The first-order valence-corrected chi connectivity index (χ1v) is 8.51. The number of rotatable bonds is 4. The second-order valence-electron chi connectivity index (χ2n) is 5.74. The van der Waals surface area contributed by atoms with Gasteiger partial charge in [-0.25, -0.2) is 0 Å². The Morgan fingerprint density at radius 3 is 2.48 bits per heavy atom. The maximum atomic E-state index is 12.9. The Balaban J connectivity index is 2.05. The summed E-state index contributed by atoms with van der Waals surface area (Å²) in [6, 6.07) is 9.90. The fraction of sp³-hybridized carbons (Fsp3) is 0.176. The number of nitro benzene ring substituents is 1. The topological polar surface area (TPSA) is 73.8 Å². The lowest BCUT2D eigenvalue weighted by molar-refractivity contribution is -0.388. The third kappa shape index (κ3) is 3.95. The molecule has 0 spiro atoms. The van der Waals surface area contributed by atoms with E-state index in [1.807, 2.05) is 31.2 Å². The summed E-state index contributed by atoms with van der Waals surface area (Å²) in [5.41, 5.74) is 0.0489. The molecule has 3 rings (SSSR count). The molecule has 27 heavy (non-hydrogen) atoms. The van der Waals surface area contributed by atoms with E-state index in [9.17, 15) is 23.3 Å². The van der Waals surface area contributed by atoms with Crippen LogP contribution in [0.1, 0.15) is 17.0 Å². The molecule has 0 bridgehead atoms. The summed E-state index contributed by atoms with van der Waals surface area (Å²) in [4.78, 5) is 10.5. The van der Waals surface area contributed by atoms with Crippen LogP contribution in [-0.2, 0) is 6.18 Å². The highest BCUT2D eigenvalue weighted by Crippen LogP contribution is 2.39. The van der Waals surface area contributed by atoms with Crippen molar-refractivity contribution in [2.45, 2.75) is 30.1 Å². The minimum atomic E-state index is -4.66. The van der Waals surface area contributed by atoms with Crippen LogP contribution < -0.4 is 0 Å². The summed E-state index contributed by atoms with van der Waals surface area (Å²) in [5, 5.41) is 19.6. The molecular formula is C17H13F3N4O2S. The van der Waals surface area contributed by atoms with E-state index in [2.05, 4.69) is 10.2 Å². The van der Waals surface area contributed by atoms with E-state index in [-0.39, 0.29) is 4.90 Å². The second-order valence-corrected chi connectivity index (χ2v) is 6.75. The van der Waals surface area contributed by atoms with Gasteiger partial charge in [0, 0.05) is 11.8 Å². The molecule has 6 nitrogen and oxygen atoms in total. The molecule has 0 N–H and O–H groups in total. The SMILES string of the molecule is Cc1cccc(-n2c(C)nnc2Sc2ccc(C(F)(F)F)cc2[N+](=O)[O-])c1. The van der Waals surface area contributed by atoms with Gasteiger partial charge in [0.15, 0.2) is 0 Å². The van der Waals surface area contributed by atoms with Crippen LogP contribution in [0.3, 0.4) is 0 Å². The lowest BCUT2D eigenvalue weighted by Crippen LogP contribution is -2.06. The number of alkyl halides is 3. The van der Waals surface area contributed by atoms with Crippen molar-refractivity contribution in [3.63, 3.8) is 0 Å². The molecule has 0 aliphatic rings. The number of aromatic nitrogens is 3. The number of nitro groups is 1. The van der Waals surface area contributed by atoms with Crippen LogP contribution in [0.15, 0.2) is 52.5 Å². The summed E-state index contributed by atoms with van der Waals surface area (Å²) in [6.45, 7) is 3.64. The van der Waals surface area contributed by atoms with Gasteiger partial charge in [0.1, 0.15) is 5.82 Å². The molecule has 0 saturated carbocycles. The second kappa shape index (κ2) is 7.03. The van der Waals surface area contributed by atoms with Crippen LogP contribution in [0.5, 0.6) is 0 Å². The standard InChI is InChI=1S/C17H13F3N4O2S/c1-10-4-3-5-13(8-10)23-11(2)21-22-16(23)27-15-7-6-12(17(18,19)20)9-14(15)24(25)26/h3-9H,1-2H3. The molecule has 0 amide bonds. The van der Waals surface area contributed by atoms with Crippen LogP contribution in [-0.4, -0.2) is 19.7 Å². The van der Waals surface area contributed by atoms with Crippen molar-refractivity contribution in [2.75, 3.05) is 0 Å². The Labute approximate surface area is 156 Å². The van der Waals surface area contributed by atoms with Gasteiger partial charge in [0.25, 0.3) is 5.69 Å². The van der Waals surface area contributed by atoms with Gasteiger partial charge in [-0.15, -0.1) is 10.2 Å². The van der Waals surface area contributed by atoms with E-state index in [0.717, 1.165) is 35.1 Å². The Morgan fingerprint density at radius 1 is 1.11 bits per heavy atom. The number of hydrogen-bond acceptors (Lipinski definition) is 5. The van der Waals surface area contributed by atoms with Crippen molar-refractivity contribution in [1.29, 1.82) is 0 Å². The molecule has 0 saturated heterocycles.